The van der Waals surface area contributed by atoms with Crippen LogP contribution in [0.2, 0.25) is 0 Å². The Labute approximate surface area is 167 Å². The first kappa shape index (κ1) is 22.0. The Balaban J connectivity index is -0.000000605. The van der Waals surface area contributed by atoms with E-state index < -0.39 is 37.5 Å². The number of rotatable bonds is 4. The summed E-state index contributed by atoms with van der Waals surface area (Å²) in [7, 11) is -9.60. The molecule has 0 radical (unpaired) electrons. The van der Waals surface area contributed by atoms with E-state index in [-0.39, 0.29) is 103 Å². The fourth-order valence-electron chi connectivity index (χ4n) is 0.436. The number of hydrogen-bond donors (Lipinski definition) is 0. The minimum absolute atomic E-state index is 0. The van der Waals surface area contributed by atoms with Crippen molar-refractivity contribution in [1.82, 2.24) is 0 Å². The molecule has 0 aliphatic carbocycles. The molecule has 0 aromatic heterocycles. The fourth-order valence-corrected chi connectivity index (χ4v) is 1.56. The van der Waals surface area contributed by atoms with Crippen LogP contribution in [0.3, 0.4) is 0 Å². The first-order valence-electron chi connectivity index (χ1n) is 2.49. The molecular weight excluding hydrogens is 290 g/mol. The van der Waals surface area contributed by atoms with Crippen molar-refractivity contribution in [3.63, 3.8) is 0 Å². The maximum atomic E-state index is 10.3. The van der Waals surface area contributed by atoms with Crippen LogP contribution in [0, 0.1) is 0 Å². The summed E-state index contributed by atoms with van der Waals surface area (Å²) in [6.45, 7) is 0. The van der Waals surface area contributed by atoms with Gasteiger partial charge in [0.2, 0.25) is 0 Å². The van der Waals surface area contributed by atoms with Gasteiger partial charge in [-0.3, -0.25) is 4.79 Å². The van der Waals surface area contributed by atoms with E-state index in [4.69, 9.17) is 0 Å². The molecule has 11 heteroatoms. The summed E-state index contributed by atoms with van der Waals surface area (Å²) in [5.41, 5.74) is 0. The number of carbonyl (C=O) groups is 1. The summed E-state index contributed by atoms with van der Waals surface area (Å²) in [6, 6.07) is 0. The van der Waals surface area contributed by atoms with Gasteiger partial charge >= 0.3 is 103 Å². The van der Waals surface area contributed by atoms with Crippen LogP contribution >= 0.6 is 0 Å². The Kier molecular flexibility index (Phi) is 13.8. The van der Waals surface area contributed by atoms with Gasteiger partial charge in [0, 0.05) is 0 Å². The van der Waals surface area contributed by atoms with Gasteiger partial charge in [0.15, 0.2) is 5.78 Å². The van der Waals surface area contributed by atoms with Gasteiger partial charge in [0.25, 0.3) is 0 Å². The fraction of sp³-hybridized carbons (Fsp3) is 0.667. The quantitative estimate of drug-likeness (QED) is 0.371. The van der Waals surface area contributed by atoms with Gasteiger partial charge < -0.3 is 9.11 Å². The zero-order chi connectivity index (χ0) is 9.99. The molecule has 0 saturated heterocycles. The summed E-state index contributed by atoms with van der Waals surface area (Å²) < 4.78 is 59.1. The number of carbonyl (C=O) groups excluding carboxylic acids is 1. The third kappa shape index (κ3) is 17.2. The molecule has 0 bridgehead atoms. The zero-order valence-corrected chi connectivity index (χ0v) is 15.5. The third-order valence-corrected chi connectivity index (χ3v) is 2.03. The molecule has 0 N–H and O–H groups in total. The average Bonchev–Trinajstić information content (AvgIpc) is 1.49. The van der Waals surface area contributed by atoms with E-state index in [1.54, 1.807) is 0 Å². The van der Waals surface area contributed by atoms with Crippen molar-refractivity contribution in [3.8, 4) is 0 Å². The number of ketones is 1. The van der Waals surface area contributed by atoms with Crippen molar-refractivity contribution in [2.45, 2.75) is 0 Å². The van der Waals surface area contributed by atoms with Crippen LogP contribution in [-0.4, -0.2) is 43.2 Å². The van der Waals surface area contributed by atoms with Crippen molar-refractivity contribution < 1.29 is 134 Å². The van der Waals surface area contributed by atoms with Crippen LogP contribution in [0.5, 0.6) is 0 Å². The van der Waals surface area contributed by atoms with Crippen LogP contribution in [0.1, 0.15) is 0 Å². The van der Waals surface area contributed by atoms with Crippen LogP contribution in [-0.2, 0) is 25.0 Å². The molecule has 0 aliphatic rings. The second kappa shape index (κ2) is 8.80. The second-order valence-electron chi connectivity index (χ2n) is 1.94. The largest absolute Gasteiger partial charge is 1.00 e. The predicted molar refractivity (Wildman–Crippen MR) is 34.1 cm³/mol. The molecule has 0 aromatic carbocycles. The maximum Gasteiger partial charge on any atom is 1.00 e. The van der Waals surface area contributed by atoms with Gasteiger partial charge in [-0.15, -0.1) is 0 Å². The van der Waals surface area contributed by atoms with E-state index in [2.05, 4.69) is 0 Å². The summed E-state index contributed by atoms with van der Waals surface area (Å²) in [6.07, 6.45) is 0. The molecule has 0 aliphatic heterocycles. The van der Waals surface area contributed by atoms with Crippen molar-refractivity contribution in [3.05, 3.63) is 0 Å². The molecule has 0 aromatic rings. The molecule has 0 unspecified atom stereocenters. The molecule has 0 saturated carbocycles. The molecule has 7 nitrogen and oxygen atoms in total. The van der Waals surface area contributed by atoms with Crippen molar-refractivity contribution in [1.29, 1.82) is 0 Å². The molecule has 0 fully saturated rings. The van der Waals surface area contributed by atoms with Crippen LogP contribution in [0.15, 0.2) is 0 Å². The third-order valence-electron chi connectivity index (χ3n) is 0.676. The van der Waals surface area contributed by atoms with Gasteiger partial charge in [0.1, 0.15) is 20.2 Å². The number of hydrogen-bond acceptors (Lipinski definition) is 7. The Morgan fingerprint density at radius 1 is 0.857 bits per heavy atom. The molecule has 0 spiro atoms. The van der Waals surface area contributed by atoms with Gasteiger partial charge in [-0.2, -0.15) is 0 Å². The molecule has 14 heavy (non-hydrogen) atoms. The Bertz CT molecular complexity index is 332. The van der Waals surface area contributed by atoms with Crippen LogP contribution < -0.4 is 103 Å². The summed E-state index contributed by atoms with van der Waals surface area (Å²) in [5, 5.41) is 0. The summed E-state index contributed by atoms with van der Waals surface area (Å²) in [4.78, 5) is 10.3. The Hall–Kier alpha value is 2.76. The normalized spacial score (nSPS) is 11.0. The Morgan fingerprint density at radius 3 is 1.21 bits per heavy atom. The second-order valence-corrected chi connectivity index (χ2v) is 4.75. The van der Waals surface area contributed by atoms with Crippen molar-refractivity contribution in [2.75, 3.05) is 11.5 Å². The van der Waals surface area contributed by atoms with E-state index in [9.17, 15) is 30.7 Å². The van der Waals surface area contributed by atoms with Crippen molar-refractivity contribution in [2.24, 2.45) is 0 Å². The molecule has 0 atom stereocenters. The van der Waals surface area contributed by atoms with E-state index in [0.29, 0.717) is 0 Å². The van der Waals surface area contributed by atoms with E-state index in [1.165, 1.54) is 0 Å². The summed E-state index contributed by atoms with van der Waals surface area (Å²) in [5.74, 6) is -4.34. The van der Waals surface area contributed by atoms with Gasteiger partial charge in [-0.05, 0) is 0 Å². The monoisotopic (exact) mass is 294 g/mol. The molecule has 0 rings (SSSR count). The molecule has 0 amide bonds. The smallest absolute Gasteiger partial charge is 0.748 e. The standard InChI is InChI=1S/C3H6O7S2.2K/c4-3(1-11(5,6)7)2-12(8,9)10;;/h1-2H2,(H,5,6,7)(H,8,9,10);;/q;2*+1/p-2. The SMILES string of the molecule is O=C(CS(=O)(=O)[O-])CS(=O)(=O)[O-].[K+].[K+]. The van der Waals surface area contributed by atoms with E-state index in [0.717, 1.165) is 0 Å². The first-order valence-corrected chi connectivity index (χ1v) is 5.64. The molecule has 0 heterocycles. The van der Waals surface area contributed by atoms with Crippen LogP contribution in [0.25, 0.3) is 0 Å². The van der Waals surface area contributed by atoms with Crippen LogP contribution in [0.4, 0.5) is 0 Å². The topological polar surface area (TPSA) is 131 Å². The van der Waals surface area contributed by atoms with Gasteiger partial charge in [-0.1, -0.05) is 0 Å². The zero-order valence-electron chi connectivity index (χ0n) is 7.59. The minimum atomic E-state index is -4.80. The van der Waals surface area contributed by atoms with E-state index >= 15 is 0 Å². The van der Waals surface area contributed by atoms with E-state index in [1.807, 2.05) is 0 Å². The van der Waals surface area contributed by atoms with Crippen molar-refractivity contribution >= 4 is 26.0 Å². The first-order chi connectivity index (χ1) is 5.10. The predicted octanol–water partition coefficient (Wildman–Crippen LogP) is -8.35. The minimum Gasteiger partial charge on any atom is -0.748 e. The van der Waals surface area contributed by atoms with Gasteiger partial charge in [-0.25, -0.2) is 16.8 Å². The number of Topliss-reactive ketones (excluding diaryl/α,β-unsaturated/α-hetero) is 1. The maximum absolute atomic E-state index is 10.3. The Morgan fingerprint density at radius 2 is 1.07 bits per heavy atom. The average molecular weight is 294 g/mol. The molecular formula is C3H4K2O7S2. The molecule has 72 valence electrons. The van der Waals surface area contributed by atoms with Gasteiger partial charge in [0.05, 0.1) is 11.5 Å². The summed E-state index contributed by atoms with van der Waals surface area (Å²) >= 11 is 0.